The molecule has 8 heteroatoms. The van der Waals surface area contributed by atoms with Crippen molar-refractivity contribution in [3.05, 3.63) is 45.5 Å². The van der Waals surface area contributed by atoms with Crippen LogP contribution < -0.4 is 10.0 Å². The molecule has 0 saturated carbocycles. The summed E-state index contributed by atoms with van der Waals surface area (Å²) in [7, 11) is -3.67. The number of sulfonamides is 1. The van der Waals surface area contributed by atoms with Gasteiger partial charge in [-0.05, 0) is 31.5 Å². The van der Waals surface area contributed by atoms with Gasteiger partial charge in [0.1, 0.15) is 0 Å². The van der Waals surface area contributed by atoms with Crippen molar-refractivity contribution in [1.29, 1.82) is 0 Å². The first-order valence-corrected chi connectivity index (χ1v) is 8.02. The number of hydrogen-bond acceptors (Lipinski definition) is 5. The van der Waals surface area contributed by atoms with Crippen LogP contribution in [0.25, 0.3) is 0 Å². The summed E-state index contributed by atoms with van der Waals surface area (Å²) < 4.78 is 27.0. The number of nitrogens with zero attached hydrogens (tertiary/aromatic N) is 1. The molecule has 2 N–H and O–H groups in total. The average molecular weight is 311 g/mol. The van der Waals surface area contributed by atoms with Gasteiger partial charge in [0.15, 0.2) is 0 Å². The van der Waals surface area contributed by atoms with E-state index in [2.05, 4.69) is 10.0 Å². The summed E-state index contributed by atoms with van der Waals surface area (Å²) in [5.74, 6) is 0. The maximum atomic E-state index is 12.3. The molecule has 0 spiro atoms. The lowest BCUT2D eigenvalue weighted by Gasteiger charge is -2.15. The smallest absolute Gasteiger partial charge is 0.269 e. The highest BCUT2D eigenvalue weighted by Gasteiger charge is 2.19. The second kappa shape index (κ2) is 6.33. The van der Waals surface area contributed by atoms with Gasteiger partial charge in [-0.15, -0.1) is 0 Å². The minimum absolute atomic E-state index is 0.0719. The number of nitro benzene ring substituents is 1. The van der Waals surface area contributed by atoms with E-state index in [0.29, 0.717) is 5.56 Å². The Kier molecular flexibility index (Phi) is 4.71. The van der Waals surface area contributed by atoms with Gasteiger partial charge in [-0.1, -0.05) is 11.6 Å². The molecule has 1 heterocycles. The molecule has 21 heavy (non-hydrogen) atoms. The highest BCUT2D eigenvalue weighted by molar-refractivity contribution is 7.89. The SMILES string of the molecule is Cc1cc([N+](=O)[O-])ccc1S(=O)(=O)NCC1=CCNCC1. The quantitative estimate of drug-likeness (QED) is 0.482. The summed E-state index contributed by atoms with van der Waals surface area (Å²) in [5.41, 5.74) is 1.28. The zero-order valence-corrected chi connectivity index (χ0v) is 12.4. The van der Waals surface area contributed by atoms with Crippen LogP contribution in [-0.4, -0.2) is 33.0 Å². The molecule has 1 aliphatic heterocycles. The topological polar surface area (TPSA) is 101 Å². The number of nitro groups is 1. The van der Waals surface area contributed by atoms with Crippen LogP contribution in [0.2, 0.25) is 0 Å². The first kappa shape index (κ1) is 15.6. The molecule has 1 aromatic carbocycles. The summed E-state index contributed by atoms with van der Waals surface area (Å²) in [5, 5.41) is 13.8. The molecule has 114 valence electrons. The number of hydrogen-bond donors (Lipinski definition) is 2. The van der Waals surface area contributed by atoms with Gasteiger partial charge >= 0.3 is 0 Å². The fourth-order valence-corrected chi connectivity index (χ4v) is 3.41. The largest absolute Gasteiger partial charge is 0.313 e. The summed E-state index contributed by atoms with van der Waals surface area (Å²) in [6.45, 7) is 3.39. The van der Waals surface area contributed by atoms with E-state index in [1.807, 2.05) is 6.08 Å². The van der Waals surface area contributed by atoms with Gasteiger partial charge in [0.05, 0.1) is 9.82 Å². The van der Waals surface area contributed by atoms with Crippen molar-refractivity contribution < 1.29 is 13.3 Å². The van der Waals surface area contributed by atoms with E-state index in [1.54, 1.807) is 6.92 Å². The standard InChI is InChI=1S/C13H17N3O4S/c1-10-8-12(16(17)18)2-3-13(10)21(19,20)15-9-11-4-6-14-7-5-11/h2-4,8,14-15H,5-7,9H2,1H3. The molecule has 1 aromatic rings. The van der Waals surface area contributed by atoms with Gasteiger partial charge in [-0.3, -0.25) is 10.1 Å². The molecule has 7 nitrogen and oxygen atoms in total. The van der Waals surface area contributed by atoms with Gasteiger partial charge in [0, 0.05) is 25.2 Å². The lowest BCUT2D eigenvalue weighted by Crippen LogP contribution is -2.30. The van der Waals surface area contributed by atoms with Crippen LogP contribution in [0.3, 0.4) is 0 Å². The molecular weight excluding hydrogens is 294 g/mol. The van der Waals surface area contributed by atoms with E-state index in [-0.39, 0.29) is 17.1 Å². The minimum Gasteiger partial charge on any atom is -0.313 e. The number of benzene rings is 1. The van der Waals surface area contributed by atoms with Crippen molar-refractivity contribution in [3.8, 4) is 0 Å². The maximum Gasteiger partial charge on any atom is 0.269 e. The molecule has 1 aliphatic rings. The molecule has 0 aliphatic carbocycles. The Labute approximate surface area is 123 Å². The van der Waals surface area contributed by atoms with Gasteiger partial charge in [0.2, 0.25) is 10.0 Å². The van der Waals surface area contributed by atoms with Gasteiger partial charge in [-0.2, -0.15) is 0 Å². The van der Waals surface area contributed by atoms with Crippen molar-refractivity contribution in [2.75, 3.05) is 19.6 Å². The van der Waals surface area contributed by atoms with Crippen LogP contribution in [0.5, 0.6) is 0 Å². The first-order chi connectivity index (χ1) is 9.90. The summed E-state index contributed by atoms with van der Waals surface area (Å²) in [6, 6.07) is 3.73. The molecule has 0 bridgehead atoms. The Bertz CT molecular complexity index is 683. The van der Waals surface area contributed by atoms with E-state index < -0.39 is 14.9 Å². The van der Waals surface area contributed by atoms with Crippen molar-refractivity contribution in [2.45, 2.75) is 18.2 Å². The van der Waals surface area contributed by atoms with Crippen LogP contribution in [0, 0.1) is 17.0 Å². The molecule has 0 amide bonds. The Morgan fingerprint density at radius 3 is 2.76 bits per heavy atom. The minimum atomic E-state index is -3.67. The number of nitrogens with one attached hydrogen (secondary N) is 2. The normalized spacial score (nSPS) is 15.6. The summed E-state index contributed by atoms with van der Waals surface area (Å²) in [6.07, 6.45) is 2.77. The lowest BCUT2D eigenvalue weighted by molar-refractivity contribution is -0.385. The molecule has 0 fully saturated rings. The molecule has 0 radical (unpaired) electrons. The van der Waals surface area contributed by atoms with E-state index in [4.69, 9.17) is 0 Å². The Hall–Kier alpha value is -1.77. The molecule has 0 unspecified atom stereocenters. The highest BCUT2D eigenvalue weighted by atomic mass is 32.2. The Morgan fingerprint density at radius 1 is 1.43 bits per heavy atom. The molecule has 0 atom stereocenters. The third-order valence-electron chi connectivity index (χ3n) is 3.31. The van der Waals surface area contributed by atoms with Crippen LogP contribution >= 0.6 is 0 Å². The van der Waals surface area contributed by atoms with Crippen molar-refractivity contribution in [1.82, 2.24) is 10.0 Å². The number of aryl methyl sites for hydroxylation is 1. The molecular formula is C13H17N3O4S. The third-order valence-corrected chi connectivity index (χ3v) is 4.87. The maximum absolute atomic E-state index is 12.3. The second-order valence-electron chi connectivity index (χ2n) is 4.85. The van der Waals surface area contributed by atoms with Gasteiger partial charge < -0.3 is 5.32 Å². The second-order valence-corrected chi connectivity index (χ2v) is 6.58. The predicted octanol–water partition coefficient (Wildman–Crippen LogP) is 1.10. The fourth-order valence-electron chi connectivity index (χ4n) is 2.14. The fraction of sp³-hybridized carbons (Fsp3) is 0.385. The predicted molar refractivity (Wildman–Crippen MR) is 78.6 cm³/mol. The Morgan fingerprint density at radius 2 is 2.19 bits per heavy atom. The van der Waals surface area contributed by atoms with Crippen molar-refractivity contribution in [3.63, 3.8) is 0 Å². The average Bonchev–Trinajstić information content (AvgIpc) is 2.46. The van der Waals surface area contributed by atoms with Crippen molar-refractivity contribution in [2.24, 2.45) is 0 Å². The lowest BCUT2D eigenvalue weighted by atomic mass is 10.1. The highest BCUT2D eigenvalue weighted by Crippen LogP contribution is 2.21. The van der Waals surface area contributed by atoms with Crippen LogP contribution in [0.15, 0.2) is 34.7 Å². The number of non-ortho nitro benzene ring substituents is 1. The third kappa shape index (κ3) is 3.87. The van der Waals surface area contributed by atoms with E-state index in [1.165, 1.54) is 18.2 Å². The zero-order chi connectivity index (χ0) is 15.5. The zero-order valence-electron chi connectivity index (χ0n) is 11.6. The molecule has 2 rings (SSSR count). The van der Waals surface area contributed by atoms with E-state index in [9.17, 15) is 18.5 Å². The first-order valence-electron chi connectivity index (χ1n) is 6.53. The monoisotopic (exact) mass is 311 g/mol. The van der Waals surface area contributed by atoms with E-state index >= 15 is 0 Å². The van der Waals surface area contributed by atoms with Crippen LogP contribution in [0.4, 0.5) is 5.69 Å². The summed E-state index contributed by atoms with van der Waals surface area (Å²) in [4.78, 5) is 10.2. The van der Waals surface area contributed by atoms with E-state index in [0.717, 1.165) is 25.1 Å². The van der Waals surface area contributed by atoms with Crippen LogP contribution in [-0.2, 0) is 10.0 Å². The number of rotatable bonds is 5. The molecule has 0 saturated heterocycles. The summed E-state index contributed by atoms with van der Waals surface area (Å²) >= 11 is 0. The van der Waals surface area contributed by atoms with Gasteiger partial charge in [0.25, 0.3) is 5.69 Å². The Balaban J connectivity index is 2.15. The molecule has 0 aromatic heterocycles. The van der Waals surface area contributed by atoms with Crippen LogP contribution in [0.1, 0.15) is 12.0 Å². The van der Waals surface area contributed by atoms with Gasteiger partial charge in [-0.25, -0.2) is 13.1 Å². The van der Waals surface area contributed by atoms with Crippen molar-refractivity contribution >= 4 is 15.7 Å².